The number of nitro groups is 1. The predicted molar refractivity (Wildman–Crippen MR) is 71.8 cm³/mol. The van der Waals surface area contributed by atoms with Crippen LogP contribution in [0, 0.1) is 10.1 Å². The third-order valence-corrected chi connectivity index (χ3v) is 4.71. The number of hydrogen-bond donors (Lipinski definition) is 3. The van der Waals surface area contributed by atoms with E-state index in [-0.39, 0.29) is 35.0 Å². The SMILES string of the molecule is NNc1ncc([N+](=O)[O-])c(NC2CCS(=O)(=O)CC2)n1. The zero-order chi connectivity index (χ0) is 14.8. The standard InChI is InChI=1S/C9H14N6O4S/c10-14-9-11-5-7(15(16)17)8(13-9)12-6-1-3-20(18,19)4-2-6/h5-6H,1-4,10H2,(H2,11,12,13,14). The van der Waals surface area contributed by atoms with Gasteiger partial charge in [0.05, 0.1) is 16.4 Å². The molecule has 0 amide bonds. The van der Waals surface area contributed by atoms with Gasteiger partial charge in [0.2, 0.25) is 11.8 Å². The number of sulfone groups is 1. The van der Waals surface area contributed by atoms with Crippen molar-refractivity contribution < 1.29 is 13.3 Å². The van der Waals surface area contributed by atoms with Gasteiger partial charge in [-0.1, -0.05) is 0 Å². The molecule has 1 aromatic heterocycles. The van der Waals surface area contributed by atoms with Gasteiger partial charge in [0.1, 0.15) is 16.0 Å². The lowest BCUT2D eigenvalue weighted by molar-refractivity contribution is -0.384. The molecule has 1 fully saturated rings. The summed E-state index contributed by atoms with van der Waals surface area (Å²) in [4.78, 5) is 17.9. The first-order chi connectivity index (χ1) is 9.41. The van der Waals surface area contributed by atoms with Crippen LogP contribution in [0.15, 0.2) is 6.20 Å². The lowest BCUT2D eigenvalue weighted by Crippen LogP contribution is -2.32. The van der Waals surface area contributed by atoms with Crippen molar-refractivity contribution in [2.45, 2.75) is 18.9 Å². The smallest absolute Gasteiger partial charge is 0.329 e. The van der Waals surface area contributed by atoms with Crippen LogP contribution in [0.3, 0.4) is 0 Å². The maximum atomic E-state index is 11.3. The van der Waals surface area contributed by atoms with Crippen molar-refractivity contribution in [1.82, 2.24) is 9.97 Å². The number of nitrogens with one attached hydrogen (secondary N) is 2. The minimum absolute atomic E-state index is 0.0299. The van der Waals surface area contributed by atoms with Crippen LogP contribution in [0.1, 0.15) is 12.8 Å². The number of nitrogens with two attached hydrogens (primary N) is 1. The Morgan fingerprint density at radius 2 is 2.05 bits per heavy atom. The Morgan fingerprint density at radius 1 is 1.40 bits per heavy atom. The first-order valence-corrected chi connectivity index (χ1v) is 7.68. The lowest BCUT2D eigenvalue weighted by Gasteiger charge is -2.23. The summed E-state index contributed by atoms with van der Waals surface area (Å²) in [7, 11) is -2.99. The predicted octanol–water partition coefficient (Wildman–Crippen LogP) is -0.341. The largest absolute Gasteiger partial charge is 0.361 e. The summed E-state index contributed by atoms with van der Waals surface area (Å²) in [6.07, 6.45) is 1.81. The minimum Gasteiger partial charge on any atom is -0.361 e. The second-order valence-corrected chi connectivity index (χ2v) is 6.70. The number of aromatic nitrogens is 2. The van der Waals surface area contributed by atoms with Gasteiger partial charge >= 0.3 is 5.69 Å². The zero-order valence-electron chi connectivity index (χ0n) is 10.4. The van der Waals surface area contributed by atoms with Gasteiger partial charge in [-0.25, -0.2) is 19.2 Å². The summed E-state index contributed by atoms with van der Waals surface area (Å²) in [6.45, 7) is 0. The molecule has 10 nitrogen and oxygen atoms in total. The molecule has 11 heteroatoms. The average Bonchev–Trinajstić information content (AvgIpc) is 2.40. The molecular weight excluding hydrogens is 288 g/mol. The Labute approximate surface area is 114 Å². The summed E-state index contributed by atoms with van der Waals surface area (Å²) < 4.78 is 22.7. The second kappa shape index (κ2) is 5.54. The van der Waals surface area contributed by atoms with E-state index in [4.69, 9.17) is 5.84 Å². The van der Waals surface area contributed by atoms with Crippen molar-refractivity contribution >= 4 is 27.3 Å². The third-order valence-electron chi connectivity index (χ3n) is 2.99. The molecule has 0 radical (unpaired) electrons. The van der Waals surface area contributed by atoms with Gasteiger partial charge in [0.15, 0.2) is 0 Å². The monoisotopic (exact) mass is 302 g/mol. The van der Waals surface area contributed by atoms with Crippen LogP contribution >= 0.6 is 0 Å². The fourth-order valence-corrected chi connectivity index (χ4v) is 3.40. The van der Waals surface area contributed by atoms with Gasteiger partial charge < -0.3 is 5.32 Å². The topological polar surface area (TPSA) is 153 Å². The third kappa shape index (κ3) is 3.30. The van der Waals surface area contributed by atoms with Crippen LogP contribution in [0.25, 0.3) is 0 Å². The van der Waals surface area contributed by atoms with Crippen molar-refractivity contribution in [2.75, 3.05) is 22.2 Å². The van der Waals surface area contributed by atoms with Gasteiger partial charge in [0.25, 0.3) is 0 Å². The first-order valence-electron chi connectivity index (χ1n) is 5.86. The molecule has 0 aromatic carbocycles. The highest BCUT2D eigenvalue weighted by Gasteiger charge is 2.26. The maximum Gasteiger partial charge on any atom is 0.329 e. The fourth-order valence-electron chi connectivity index (χ4n) is 1.91. The van der Waals surface area contributed by atoms with Crippen LogP contribution in [0.2, 0.25) is 0 Å². The highest BCUT2D eigenvalue weighted by molar-refractivity contribution is 7.91. The van der Waals surface area contributed by atoms with Gasteiger partial charge in [-0.3, -0.25) is 15.5 Å². The van der Waals surface area contributed by atoms with Crippen LogP contribution in [0.5, 0.6) is 0 Å². The van der Waals surface area contributed by atoms with Gasteiger partial charge in [-0.2, -0.15) is 4.98 Å². The zero-order valence-corrected chi connectivity index (χ0v) is 11.3. The summed E-state index contributed by atoms with van der Waals surface area (Å²) in [5, 5.41) is 13.8. The van der Waals surface area contributed by atoms with Gasteiger partial charge in [0, 0.05) is 6.04 Å². The quantitative estimate of drug-likeness (QED) is 0.385. The lowest BCUT2D eigenvalue weighted by atomic mass is 10.1. The van der Waals surface area contributed by atoms with Crippen LogP contribution in [-0.2, 0) is 9.84 Å². The van der Waals surface area contributed by atoms with Crippen LogP contribution in [-0.4, -0.2) is 40.9 Å². The number of rotatable bonds is 4. The van der Waals surface area contributed by atoms with E-state index in [0.717, 1.165) is 6.20 Å². The Kier molecular flexibility index (Phi) is 3.99. The van der Waals surface area contributed by atoms with E-state index >= 15 is 0 Å². The van der Waals surface area contributed by atoms with E-state index in [1.165, 1.54) is 0 Å². The molecule has 2 heterocycles. The van der Waals surface area contributed by atoms with Crippen LogP contribution in [0.4, 0.5) is 17.5 Å². The number of nitrogen functional groups attached to an aromatic ring is 1. The average molecular weight is 302 g/mol. The Morgan fingerprint density at radius 3 is 2.60 bits per heavy atom. The van der Waals surface area contributed by atoms with Crippen molar-refractivity contribution in [3.63, 3.8) is 0 Å². The number of nitrogens with zero attached hydrogens (tertiary/aromatic N) is 3. The molecule has 0 atom stereocenters. The van der Waals surface area contributed by atoms with E-state index in [2.05, 4.69) is 20.7 Å². The Bertz CT molecular complexity index is 605. The van der Waals surface area contributed by atoms with E-state index in [1.807, 2.05) is 0 Å². The normalized spacial score (nSPS) is 18.4. The van der Waals surface area contributed by atoms with Gasteiger partial charge in [-0.05, 0) is 12.8 Å². The Balaban J connectivity index is 2.17. The molecular formula is C9H14N6O4S. The summed E-state index contributed by atoms with van der Waals surface area (Å²) in [5.41, 5.74) is 1.92. The highest BCUT2D eigenvalue weighted by atomic mass is 32.2. The van der Waals surface area contributed by atoms with E-state index in [0.29, 0.717) is 12.8 Å². The number of hydrazine groups is 1. The molecule has 110 valence electrons. The molecule has 1 aliphatic rings. The molecule has 0 bridgehead atoms. The van der Waals surface area contributed by atoms with Crippen molar-refractivity contribution in [3.05, 3.63) is 16.3 Å². The summed E-state index contributed by atoms with van der Waals surface area (Å²) >= 11 is 0. The second-order valence-electron chi connectivity index (χ2n) is 4.40. The molecule has 4 N–H and O–H groups in total. The van der Waals surface area contributed by atoms with Crippen LogP contribution < -0.4 is 16.6 Å². The summed E-state index contributed by atoms with van der Waals surface area (Å²) in [5.74, 6) is 5.36. The fraction of sp³-hybridized carbons (Fsp3) is 0.556. The molecule has 20 heavy (non-hydrogen) atoms. The van der Waals surface area contributed by atoms with E-state index in [1.54, 1.807) is 0 Å². The molecule has 0 saturated carbocycles. The Hall–Kier alpha value is -2.01. The molecule has 2 rings (SSSR count). The van der Waals surface area contributed by atoms with Crippen molar-refractivity contribution in [2.24, 2.45) is 5.84 Å². The van der Waals surface area contributed by atoms with E-state index in [9.17, 15) is 18.5 Å². The highest BCUT2D eigenvalue weighted by Crippen LogP contribution is 2.25. The van der Waals surface area contributed by atoms with E-state index < -0.39 is 14.8 Å². The maximum absolute atomic E-state index is 11.3. The number of hydrogen-bond acceptors (Lipinski definition) is 9. The molecule has 0 spiro atoms. The molecule has 0 unspecified atom stereocenters. The first kappa shape index (κ1) is 14.4. The summed E-state index contributed by atoms with van der Waals surface area (Å²) in [6, 6.07) is -0.183. The molecule has 1 aromatic rings. The van der Waals surface area contributed by atoms with Crippen molar-refractivity contribution in [3.8, 4) is 0 Å². The number of anilines is 2. The molecule has 1 saturated heterocycles. The molecule has 1 aliphatic heterocycles. The minimum atomic E-state index is -2.99. The van der Waals surface area contributed by atoms with Crippen molar-refractivity contribution in [1.29, 1.82) is 0 Å². The van der Waals surface area contributed by atoms with Gasteiger partial charge in [-0.15, -0.1) is 0 Å². The molecule has 0 aliphatic carbocycles.